The first-order valence-electron chi connectivity index (χ1n) is 8.98. The van der Waals surface area contributed by atoms with Gasteiger partial charge in [-0.3, -0.25) is 4.79 Å². The Labute approximate surface area is 142 Å². The molecule has 1 unspecified atom stereocenters. The normalized spacial score (nSPS) is 20.4. The quantitative estimate of drug-likeness (QED) is 0.913. The van der Waals surface area contributed by atoms with Crippen LogP contribution in [0.1, 0.15) is 31.5 Å². The minimum Gasteiger partial charge on any atom is -0.334 e. The fourth-order valence-electron chi connectivity index (χ4n) is 3.60. The number of benzene rings is 1. The number of anilines is 1. The van der Waals surface area contributed by atoms with Crippen LogP contribution in [0.5, 0.6) is 0 Å². The highest BCUT2D eigenvalue weighted by Gasteiger charge is 2.20. The van der Waals surface area contributed by atoms with Crippen LogP contribution in [-0.2, 0) is 17.8 Å². The molecule has 1 aromatic carbocycles. The molecule has 0 aliphatic carbocycles. The van der Waals surface area contributed by atoms with Crippen LogP contribution in [0.4, 0.5) is 5.69 Å². The zero-order valence-electron chi connectivity index (χ0n) is 13.9. The van der Waals surface area contributed by atoms with E-state index in [9.17, 15) is 4.79 Å². The van der Waals surface area contributed by atoms with Gasteiger partial charge in [-0.2, -0.15) is 0 Å². The summed E-state index contributed by atoms with van der Waals surface area (Å²) in [5, 5.41) is 6.32. The molecule has 0 saturated carbocycles. The van der Waals surface area contributed by atoms with Gasteiger partial charge >= 0.3 is 0 Å². The number of rotatable bonds is 3. The van der Waals surface area contributed by atoms with Gasteiger partial charge < -0.3 is 15.2 Å². The third-order valence-electron chi connectivity index (χ3n) is 5.02. The van der Waals surface area contributed by atoms with Crippen LogP contribution >= 0.6 is 0 Å². The van der Waals surface area contributed by atoms with Crippen LogP contribution in [0.2, 0.25) is 0 Å². The molecule has 1 amide bonds. The predicted molar refractivity (Wildman–Crippen MR) is 94.8 cm³/mol. The van der Waals surface area contributed by atoms with Gasteiger partial charge in [0.25, 0.3) is 0 Å². The third-order valence-corrected chi connectivity index (χ3v) is 5.02. The molecule has 0 bridgehead atoms. The molecule has 5 nitrogen and oxygen atoms in total. The van der Waals surface area contributed by atoms with Crippen LogP contribution < -0.4 is 10.6 Å². The Morgan fingerprint density at radius 3 is 2.83 bits per heavy atom. The highest BCUT2D eigenvalue weighted by molar-refractivity contribution is 5.93. The van der Waals surface area contributed by atoms with E-state index in [4.69, 9.17) is 4.98 Å². The van der Waals surface area contributed by atoms with Crippen LogP contribution in [0, 0.1) is 5.92 Å². The smallest absolute Gasteiger partial charge is 0.228 e. The Hall–Kier alpha value is -2.14. The Balaban J connectivity index is 1.44. The number of carbonyl (C=O) groups excluding carboxylic acids is 1. The zero-order chi connectivity index (χ0) is 16.4. The molecule has 126 valence electrons. The van der Waals surface area contributed by atoms with Gasteiger partial charge in [0, 0.05) is 37.0 Å². The molecule has 1 saturated heterocycles. The molecule has 1 fully saturated rings. The van der Waals surface area contributed by atoms with Crippen molar-refractivity contribution < 1.29 is 4.79 Å². The standard InChI is InChI=1S/C19H24N4O/c24-19(15-4-3-10-20-12-15)21-16-8-6-14(7-9-16)17-13-23-11-2-1-5-18(23)22-17/h6-9,13,15,20H,1-5,10-12H2,(H,21,24). The first kappa shape index (κ1) is 15.4. The maximum atomic E-state index is 12.3. The van der Waals surface area contributed by atoms with Crippen molar-refractivity contribution in [3.63, 3.8) is 0 Å². The molecular weight excluding hydrogens is 300 g/mol. The first-order valence-corrected chi connectivity index (χ1v) is 8.98. The summed E-state index contributed by atoms with van der Waals surface area (Å²) in [6.07, 6.45) is 7.74. The summed E-state index contributed by atoms with van der Waals surface area (Å²) >= 11 is 0. The van der Waals surface area contributed by atoms with Crippen molar-refractivity contribution in [2.45, 2.75) is 38.6 Å². The number of fused-ring (bicyclic) bond motifs is 1. The van der Waals surface area contributed by atoms with Crippen LogP contribution in [-0.4, -0.2) is 28.5 Å². The second kappa shape index (κ2) is 6.77. The topological polar surface area (TPSA) is 59.0 Å². The van der Waals surface area contributed by atoms with Crippen molar-refractivity contribution in [2.75, 3.05) is 18.4 Å². The summed E-state index contributed by atoms with van der Waals surface area (Å²) < 4.78 is 2.27. The highest BCUT2D eigenvalue weighted by Crippen LogP contribution is 2.24. The zero-order valence-corrected chi connectivity index (χ0v) is 13.9. The maximum absolute atomic E-state index is 12.3. The largest absolute Gasteiger partial charge is 0.334 e. The summed E-state index contributed by atoms with van der Waals surface area (Å²) in [6.45, 7) is 2.88. The lowest BCUT2D eigenvalue weighted by Crippen LogP contribution is -2.37. The van der Waals surface area contributed by atoms with E-state index in [2.05, 4.69) is 21.4 Å². The van der Waals surface area contributed by atoms with E-state index in [0.29, 0.717) is 0 Å². The van der Waals surface area contributed by atoms with Crippen molar-refractivity contribution in [3.8, 4) is 11.3 Å². The Kier molecular flexibility index (Phi) is 4.34. The molecule has 5 heteroatoms. The van der Waals surface area contributed by atoms with Crippen molar-refractivity contribution >= 4 is 11.6 Å². The summed E-state index contributed by atoms with van der Waals surface area (Å²) in [5.41, 5.74) is 2.99. The van der Waals surface area contributed by atoms with E-state index < -0.39 is 0 Å². The number of carbonyl (C=O) groups is 1. The second-order valence-corrected chi connectivity index (χ2v) is 6.80. The molecule has 0 spiro atoms. The van der Waals surface area contributed by atoms with E-state index >= 15 is 0 Å². The highest BCUT2D eigenvalue weighted by atomic mass is 16.1. The van der Waals surface area contributed by atoms with Gasteiger partial charge in [-0.05, 0) is 44.4 Å². The lowest BCUT2D eigenvalue weighted by molar-refractivity contribution is -0.120. The van der Waals surface area contributed by atoms with Crippen LogP contribution in [0.15, 0.2) is 30.5 Å². The number of aryl methyl sites for hydroxylation is 2. The molecule has 2 N–H and O–H groups in total. The number of piperidine rings is 1. The molecule has 1 aromatic heterocycles. The predicted octanol–water partition coefficient (Wildman–Crippen LogP) is 2.82. The summed E-state index contributed by atoms with van der Waals surface area (Å²) in [6, 6.07) is 8.04. The summed E-state index contributed by atoms with van der Waals surface area (Å²) in [4.78, 5) is 17.0. The van der Waals surface area contributed by atoms with Gasteiger partial charge in [-0.15, -0.1) is 0 Å². The molecule has 1 atom stereocenters. The fraction of sp³-hybridized carbons (Fsp3) is 0.474. The van der Waals surface area contributed by atoms with Gasteiger partial charge in [0.05, 0.1) is 11.6 Å². The summed E-state index contributed by atoms with van der Waals surface area (Å²) in [5.74, 6) is 1.39. The minimum atomic E-state index is 0.0818. The number of hydrogen-bond donors (Lipinski definition) is 2. The number of nitrogens with zero attached hydrogens (tertiary/aromatic N) is 2. The van der Waals surface area contributed by atoms with Crippen LogP contribution in [0.25, 0.3) is 11.3 Å². The lowest BCUT2D eigenvalue weighted by atomic mass is 9.99. The van der Waals surface area contributed by atoms with Gasteiger partial charge in [0.1, 0.15) is 5.82 Å². The fourth-order valence-corrected chi connectivity index (χ4v) is 3.60. The molecular formula is C19H24N4O. The average Bonchev–Trinajstić information content (AvgIpc) is 3.07. The van der Waals surface area contributed by atoms with Gasteiger partial charge in [-0.1, -0.05) is 12.1 Å². The maximum Gasteiger partial charge on any atom is 0.228 e. The summed E-state index contributed by atoms with van der Waals surface area (Å²) in [7, 11) is 0. The molecule has 0 radical (unpaired) electrons. The lowest BCUT2D eigenvalue weighted by Gasteiger charge is -2.21. The molecule has 3 heterocycles. The van der Waals surface area contributed by atoms with Crippen molar-refractivity contribution in [3.05, 3.63) is 36.3 Å². The molecule has 24 heavy (non-hydrogen) atoms. The van der Waals surface area contributed by atoms with E-state index in [-0.39, 0.29) is 11.8 Å². The van der Waals surface area contributed by atoms with E-state index in [1.54, 1.807) is 0 Å². The van der Waals surface area contributed by atoms with Crippen molar-refractivity contribution in [1.29, 1.82) is 0 Å². The van der Waals surface area contributed by atoms with Gasteiger partial charge in [-0.25, -0.2) is 4.98 Å². The molecule has 2 aliphatic heterocycles. The van der Waals surface area contributed by atoms with E-state index in [1.807, 2.05) is 24.3 Å². The average molecular weight is 324 g/mol. The third kappa shape index (κ3) is 3.22. The molecule has 2 aromatic rings. The Morgan fingerprint density at radius 2 is 2.08 bits per heavy atom. The number of hydrogen-bond acceptors (Lipinski definition) is 3. The minimum absolute atomic E-state index is 0.0818. The SMILES string of the molecule is O=C(Nc1ccc(-c2cn3c(n2)CCCC3)cc1)C1CCCNC1. The number of aromatic nitrogens is 2. The number of nitrogens with one attached hydrogen (secondary N) is 2. The van der Waals surface area contributed by atoms with E-state index in [1.165, 1.54) is 18.7 Å². The molecule has 2 aliphatic rings. The van der Waals surface area contributed by atoms with E-state index in [0.717, 1.165) is 55.8 Å². The van der Waals surface area contributed by atoms with Crippen molar-refractivity contribution in [1.82, 2.24) is 14.9 Å². The number of imidazole rings is 1. The monoisotopic (exact) mass is 324 g/mol. The Bertz CT molecular complexity index is 690. The van der Waals surface area contributed by atoms with Gasteiger partial charge in [0.2, 0.25) is 5.91 Å². The first-order chi connectivity index (χ1) is 11.8. The van der Waals surface area contributed by atoms with Gasteiger partial charge in [0.15, 0.2) is 0 Å². The number of amides is 1. The molecule has 4 rings (SSSR count). The second-order valence-electron chi connectivity index (χ2n) is 6.80. The van der Waals surface area contributed by atoms with Crippen LogP contribution in [0.3, 0.4) is 0 Å². The Morgan fingerprint density at radius 1 is 1.21 bits per heavy atom. The van der Waals surface area contributed by atoms with Crippen molar-refractivity contribution in [2.24, 2.45) is 5.92 Å².